The Bertz CT molecular complexity index is 1700. The molecule has 2 aromatic heterocycles. The molecule has 2 heterocycles. The summed E-state index contributed by atoms with van der Waals surface area (Å²) in [4.78, 5) is 8.82. The van der Waals surface area contributed by atoms with E-state index < -0.39 is 20.8 Å². The fourth-order valence-corrected chi connectivity index (χ4v) is 5.39. The van der Waals surface area contributed by atoms with Gasteiger partial charge in [0.25, 0.3) is 0 Å². The molecule has 0 aliphatic carbocycles. The number of pyridine rings is 2. The molecule has 0 unspecified atom stereocenters. The Labute approximate surface area is 276 Å². The van der Waals surface area contributed by atoms with E-state index in [9.17, 15) is 0 Å². The van der Waals surface area contributed by atoms with E-state index in [0.29, 0.717) is 0 Å². The van der Waals surface area contributed by atoms with Crippen LogP contribution >= 0.6 is 17.0 Å². The molecule has 0 aliphatic rings. The van der Waals surface area contributed by atoms with Crippen LogP contribution in [0.5, 0.6) is 0 Å². The number of rotatable bonds is 3. The molecule has 5 aromatic carbocycles. The second kappa shape index (κ2) is 17.2. The third-order valence-corrected chi connectivity index (χ3v) is 7.92. The average Bonchev–Trinajstić information content (AvgIpc) is 3.76. The van der Waals surface area contributed by atoms with E-state index in [4.69, 9.17) is 17.0 Å². The van der Waals surface area contributed by atoms with E-state index in [1.807, 2.05) is 42.7 Å². The summed E-state index contributed by atoms with van der Waals surface area (Å²) in [5, 5.41) is 6.66. The Kier molecular flexibility index (Phi) is 13.1. The van der Waals surface area contributed by atoms with E-state index in [-0.39, 0.29) is 0 Å². The number of hydrogen-bond acceptors (Lipinski definition) is 2. The van der Waals surface area contributed by atoms with Gasteiger partial charge in [-0.1, -0.05) is 80.2 Å². The van der Waals surface area contributed by atoms with Crippen LogP contribution in [0, 0.1) is 13.8 Å². The Morgan fingerprint density at radius 3 is 1.40 bits per heavy atom. The predicted octanol–water partition coefficient (Wildman–Crippen LogP) is 10.3. The molecule has 0 bridgehead atoms. The molecule has 0 N–H and O–H groups in total. The zero-order valence-corrected chi connectivity index (χ0v) is 29.4. The van der Waals surface area contributed by atoms with E-state index in [1.165, 1.54) is 49.0 Å². The van der Waals surface area contributed by atoms with Crippen LogP contribution in [0.15, 0.2) is 140 Å². The van der Waals surface area contributed by atoms with Crippen molar-refractivity contribution >= 4 is 53.3 Å². The van der Waals surface area contributed by atoms with Gasteiger partial charge >= 0.3 is 37.9 Å². The van der Waals surface area contributed by atoms with E-state index in [0.717, 1.165) is 20.9 Å². The first-order valence-corrected chi connectivity index (χ1v) is 21.7. The molecule has 2 radical (unpaired) electrons. The summed E-state index contributed by atoms with van der Waals surface area (Å²) >= 11 is -0.826. The molecule has 0 saturated heterocycles. The van der Waals surface area contributed by atoms with Crippen molar-refractivity contribution in [2.45, 2.75) is 20.4 Å². The number of halogens is 2. The molecule has 7 aromatic rings. The quantitative estimate of drug-likeness (QED) is 0.136. The summed E-state index contributed by atoms with van der Waals surface area (Å²) < 4.78 is 0. The van der Waals surface area contributed by atoms with Crippen LogP contribution in [0.1, 0.15) is 11.1 Å². The van der Waals surface area contributed by atoms with E-state index in [1.54, 1.807) is 0 Å². The predicted molar refractivity (Wildman–Crippen MR) is 184 cm³/mol. The van der Waals surface area contributed by atoms with Gasteiger partial charge in [0.15, 0.2) is 0 Å². The van der Waals surface area contributed by atoms with Gasteiger partial charge in [-0.2, -0.15) is 24.3 Å². The van der Waals surface area contributed by atoms with Crippen LogP contribution in [-0.2, 0) is 20.8 Å². The monoisotopic (exact) mass is 692 g/mol. The SMILES string of the molecule is C[Si]c1ccccc1.Cc1ccc(-c2ccccn2)c2cc[cH-]c12.Cc1ccc(-c2ccccn2)c2cc[cH-]c12.[Cl][Zr+2][Cl]. The number of aromatic nitrogens is 2. The number of hydrogen-bond donors (Lipinski definition) is 0. The first kappa shape index (κ1) is 32.8. The van der Waals surface area contributed by atoms with Crippen LogP contribution in [0.4, 0.5) is 0 Å². The number of aryl methyl sites for hydroxylation is 2. The third kappa shape index (κ3) is 8.94. The van der Waals surface area contributed by atoms with Crippen LogP contribution in [0.25, 0.3) is 44.1 Å². The summed E-state index contributed by atoms with van der Waals surface area (Å²) in [5.74, 6) is 0. The number of fused-ring (bicyclic) bond motifs is 2. The summed E-state index contributed by atoms with van der Waals surface area (Å²) in [5.41, 5.74) is 7.15. The Morgan fingerprint density at radius 2 is 1.02 bits per heavy atom. The van der Waals surface area contributed by atoms with Crippen LogP contribution in [0.3, 0.4) is 0 Å². The molecule has 212 valence electrons. The van der Waals surface area contributed by atoms with E-state index in [2.05, 4.69) is 127 Å². The fourth-order valence-electron chi connectivity index (χ4n) is 4.87. The molecule has 0 aliphatic heterocycles. The van der Waals surface area contributed by atoms with Gasteiger partial charge in [-0.15, -0.1) is 56.9 Å². The fraction of sp³-hybridized carbons (Fsp3) is 0.0811. The maximum absolute atomic E-state index is 4.93. The molecule has 0 spiro atoms. The molecule has 43 heavy (non-hydrogen) atoms. The first-order valence-electron chi connectivity index (χ1n) is 13.9. The number of nitrogens with zero attached hydrogens (tertiary/aromatic N) is 2. The van der Waals surface area contributed by atoms with Gasteiger partial charge in [0.1, 0.15) is 0 Å². The molecule has 6 heteroatoms. The molecular weight excluding hydrogens is 663 g/mol. The zero-order valence-electron chi connectivity index (χ0n) is 24.4. The maximum atomic E-state index is 4.93. The van der Waals surface area contributed by atoms with Gasteiger partial charge in [0.05, 0.1) is 20.9 Å². The van der Waals surface area contributed by atoms with Crippen molar-refractivity contribution in [2.75, 3.05) is 0 Å². The molecule has 7 rings (SSSR count). The van der Waals surface area contributed by atoms with Crippen molar-refractivity contribution < 1.29 is 20.8 Å². The molecule has 0 amide bonds. The Balaban J connectivity index is 0.000000148. The molecule has 0 saturated carbocycles. The Hall–Kier alpha value is -3.14. The minimum absolute atomic E-state index is 0.826. The van der Waals surface area contributed by atoms with E-state index >= 15 is 0 Å². The summed E-state index contributed by atoms with van der Waals surface area (Å²) in [6.07, 6.45) is 3.67. The van der Waals surface area contributed by atoms with Crippen molar-refractivity contribution in [3.63, 3.8) is 0 Å². The van der Waals surface area contributed by atoms with Crippen molar-refractivity contribution in [3.05, 3.63) is 151 Å². The second-order valence-corrected chi connectivity index (χ2v) is 14.5. The topological polar surface area (TPSA) is 25.8 Å². The first-order chi connectivity index (χ1) is 21.1. The number of benzene rings is 3. The standard InChI is InChI=1S/2C15H12N.C7H8Si.2ClH.Zr/c2*1-11-8-9-14(13-6-4-5-12(11)13)15-7-2-3-10-16-15;1-8-7-5-3-2-4-6-7;;;/h2*2-10H,1H3;2-6H,1H3;2*1H;/q2*-1;;;;+4/p-2. The van der Waals surface area contributed by atoms with Gasteiger partial charge in [-0.25, -0.2) is 0 Å². The van der Waals surface area contributed by atoms with Crippen molar-refractivity contribution in [3.8, 4) is 22.5 Å². The average molecular weight is 695 g/mol. The van der Waals surface area contributed by atoms with Gasteiger partial charge in [0, 0.05) is 12.4 Å². The van der Waals surface area contributed by atoms with Gasteiger partial charge in [0.2, 0.25) is 0 Å². The van der Waals surface area contributed by atoms with Gasteiger partial charge < -0.3 is 0 Å². The van der Waals surface area contributed by atoms with Gasteiger partial charge in [-0.05, 0) is 35.4 Å². The summed E-state index contributed by atoms with van der Waals surface area (Å²) in [6, 6.07) is 44.0. The minimum atomic E-state index is -0.826. The molecule has 2 nitrogen and oxygen atoms in total. The van der Waals surface area contributed by atoms with Crippen molar-refractivity contribution in [2.24, 2.45) is 0 Å². The van der Waals surface area contributed by atoms with Crippen LogP contribution in [0.2, 0.25) is 6.55 Å². The molecular formula is C37H32Cl2N2SiZr. The third-order valence-electron chi connectivity index (χ3n) is 7.01. The summed E-state index contributed by atoms with van der Waals surface area (Å²) in [7, 11) is 10.8. The molecule has 0 fully saturated rings. The van der Waals surface area contributed by atoms with Crippen molar-refractivity contribution in [1.82, 2.24) is 9.97 Å². The summed E-state index contributed by atoms with van der Waals surface area (Å²) in [6.45, 7) is 6.48. The zero-order chi connectivity index (χ0) is 30.4. The molecule has 0 atom stereocenters. The second-order valence-electron chi connectivity index (χ2n) is 9.68. The van der Waals surface area contributed by atoms with Crippen molar-refractivity contribution in [1.29, 1.82) is 0 Å². The van der Waals surface area contributed by atoms with Crippen LogP contribution in [-0.4, -0.2) is 19.5 Å². The Morgan fingerprint density at radius 1 is 0.581 bits per heavy atom. The van der Waals surface area contributed by atoms with Gasteiger partial charge in [-0.3, -0.25) is 9.97 Å². The van der Waals surface area contributed by atoms with Crippen LogP contribution < -0.4 is 5.19 Å². The normalized spacial score (nSPS) is 9.98.